The van der Waals surface area contributed by atoms with Gasteiger partial charge in [0.15, 0.2) is 0 Å². The Kier molecular flexibility index (Phi) is 7.96. The summed E-state index contributed by atoms with van der Waals surface area (Å²) in [6.07, 6.45) is 2.28. The zero-order valence-corrected chi connectivity index (χ0v) is 10.8. The van der Waals surface area contributed by atoms with Crippen LogP contribution in [0.2, 0.25) is 0 Å². The normalized spacial score (nSPS) is 17.0. The number of carbonyl (C=O) groups excluding carboxylic acids is 1. The molecule has 1 heterocycles. The molecule has 0 atom stereocenters. The molecule has 5 heteroatoms. The largest absolute Gasteiger partial charge is 0.379 e. The van der Waals surface area contributed by atoms with Crippen molar-refractivity contribution in [3.05, 3.63) is 0 Å². The maximum atomic E-state index is 11.4. The first kappa shape index (κ1) is 14.4. The molecule has 1 amide bonds. The summed E-state index contributed by atoms with van der Waals surface area (Å²) in [5.41, 5.74) is 0. The summed E-state index contributed by atoms with van der Waals surface area (Å²) >= 11 is 0. The van der Waals surface area contributed by atoms with Gasteiger partial charge in [-0.15, -0.1) is 0 Å². The van der Waals surface area contributed by atoms with Gasteiger partial charge in [0.05, 0.1) is 19.8 Å². The van der Waals surface area contributed by atoms with E-state index in [4.69, 9.17) is 4.74 Å². The summed E-state index contributed by atoms with van der Waals surface area (Å²) in [6.45, 7) is 8.73. The van der Waals surface area contributed by atoms with Crippen molar-refractivity contribution in [2.45, 2.75) is 19.8 Å². The summed E-state index contributed by atoms with van der Waals surface area (Å²) in [5.74, 6) is 0.0920. The van der Waals surface area contributed by atoms with Crippen LogP contribution in [0.3, 0.4) is 0 Å². The lowest BCUT2D eigenvalue weighted by Crippen LogP contribution is -2.43. The van der Waals surface area contributed by atoms with Gasteiger partial charge in [0.2, 0.25) is 5.91 Å². The molecule has 5 nitrogen and oxygen atoms in total. The van der Waals surface area contributed by atoms with Crippen LogP contribution >= 0.6 is 0 Å². The standard InChI is InChI=1S/C12H25N3O2/c1-2-3-4-13-11-12(16)14-5-6-15-7-9-17-10-8-15/h13H,2-11H2,1H3,(H,14,16). The van der Waals surface area contributed by atoms with Gasteiger partial charge in [-0.3, -0.25) is 9.69 Å². The average molecular weight is 243 g/mol. The first-order valence-corrected chi connectivity index (χ1v) is 6.60. The molecular weight excluding hydrogens is 218 g/mol. The molecule has 100 valence electrons. The van der Waals surface area contributed by atoms with Crippen LogP contribution in [-0.4, -0.2) is 63.3 Å². The molecule has 2 N–H and O–H groups in total. The van der Waals surface area contributed by atoms with Crippen molar-refractivity contribution in [2.24, 2.45) is 0 Å². The second-order valence-electron chi connectivity index (χ2n) is 4.33. The SMILES string of the molecule is CCCCNCC(=O)NCCN1CCOCC1. The summed E-state index contributed by atoms with van der Waals surface area (Å²) in [7, 11) is 0. The Morgan fingerprint density at radius 2 is 2.06 bits per heavy atom. The molecule has 0 unspecified atom stereocenters. The highest BCUT2D eigenvalue weighted by Crippen LogP contribution is 1.94. The van der Waals surface area contributed by atoms with Crippen LogP contribution in [0.15, 0.2) is 0 Å². The Morgan fingerprint density at radius 1 is 1.29 bits per heavy atom. The molecule has 1 aliphatic heterocycles. The number of ether oxygens (including phenoxy) is 1. The van der Waals surface area contributed by atoms with E-state index in [1.54, 1.807) is 0 Å². The average Bonchev–Trinajstić information content (AvgIpc) is 2.36. The lowest BCUT2D eigenvalue weighted by molar-refractivity contribution is -0.120. The number of nitrogens with zero attached hydrogens (tertiary/aromatic N) is 1. The first-order chi connectivity index (χ1) is 8.33. The highest BCUT2D eigenvalue weighted by molar-refractivity contribution is 5.77. The predicted molar refractivity (Wildman–Crippen MR) is 68.0 cm³/mol. The van der Waals surface area contributed by atoms with Gasteiger partial charge in [-0.1, -0.05) is 13.3 Å². The van der Waals surface area contributed by atoms with Crippen molar-refractivity contribution >= 4 is 5.91 Å². The minimum absolute atomic E-state index is 0.0920. The third-order valence-corrected chi connectivity index (χ3v) is 2.85. The van der Waals surface area contributed by atoms with E-state index in [1.165, 1.54) is 0 Å². The van der Waals surface area contributed by atoms with E-state index in [0.717, 1.165) is 58.8 Å². The van der Waals surface area contributed by atoms with Crippen molar-refractivity contribution in [3.8, 4) is 0 Å². The van der Waals surface area contributed by atoms with Crippen LogP contribution in [0.5, 0.6) is 0 Å². The van der Waals surface area contributed by atoms with Crippen molar-refractivity contribution in [2.75, 3.05) is 52.5 Å². The van der Waals surface area contributed by atoms with Crippen LogP contribution in [0.4, 0.5) is 0 Å². The molecule has 0 aromatic heterocycles. The number of unbranched alkanes of at least 4 members (excludes halogenated alkanes) is 1. The van der Waals surface area contributed by atoms with E-state index in [9.17, 15) is 4.79 Å². The van der Waals surface area contributed by atoms with Gasteiger partial charge >= 0.3 is 0 Å². The number of amides is 1. The molecule has 0 aliphatic carbocycles. The molecule has 1 fully saturated rings. The van der Waals surface area contributed by atoms with Gasteiger partial charge in [0.25, 0.3) is 0 Å². The zero-order chi connectivity index (χ0) is 12.3. The summed E-state index contributed by atoms with van der Waals surface area (Å²) in [5, 5.41) is 6.05. The summed E-state index contributed by atoms with van der Waals surface area (Å²) in [6, 6.07) is 0. The van der Waals surface area contributed by atoms with Gasteiger partial charge in [-0.2, -0.15) is 0 Å². The first-order valence-electron chi connectivity index (χ1n) is 6.60. The molecular formula is C12H25N3O2. The molecule has 0 spiro atoms. The predicted octanol–water partition coefficient (Wildman–Crippen LogP) is -0.175. The topological polar surface area (TPSA) is 53.6 Å². The molecule has 0 radical (unpaired) electrons. The molecule has 0 aromatic carbocycles. The van der Waals surface area contributed by atoms with Gasteiger partial charge < -0.3 is 15.4 Å². The summed E-state index contributed by atoms with van der Waals surface area (Å²) in [4.78, 5) is 13.7. The van der Waals surface area contributed by atoms with E-state index in [1.807, 2.05) is 0 Å². The van der Waals surface area contributed by atoms with E-state index < -0.39 is 0 Å². The molecule has 1 rings (SSSR count). The second-order valence-corrected chi connectivity index (χ2v) is 4.33. The van der Waals surface area contributed by atoms with Crippen LogP contribution < -0.4 is 10.6 Å². The highest BCUT2D eigenvalue weighted by Gasteiger charge is 2.09. The number of hydrogen-bond acceptors (Lipinski definition) is 4. The summed E-state index contributed by atoms with van der Waals surface area (Å²) < 4.78 is 5.26. The number of morpholine rings is 1. The Labute approximate surface area is 104 Å². The molecule has 1 aliphatic rings. The Hall–Kier alpha value is -0.650. The maximum Gasteiger partial charge on any atom is 0.234 e. The number of rotatable bonds is 8. The number of carbonyl (C=O) groups is 1. The highest BCUT2D eigenvalue weighted by atomic mass is 16.5. The minimum atomic E-state index is 0.0920. The fraction of sp³-hybridized carbons (Fsp3) is 0.917. The van der Waals surface area contributed by atoms with Gasteiger partial charge in [-0.25, -0.2) is 0 Å². The molecule has 0 aromatic rings. The quantitative estimate of drug-likeness (QED) is 0.581. The van der Waals surface area contributed by atoms with Crippen LogP contribution in [0, 0.1) is 0 Å². The number of hydrogen-bond donors (Lipinski definition) is 2. The lowest BCUT2D eigenvalue weighted by atomic mass is 10.3. The van der Waals surface area contributed by atoms with Gasteiger partial charge in [0.1, 0.15) is 0 Å². The van der Waals surface area contributed by atoms with Crippen molar-refractivity contribution in [1.29, 1.82) is 0 Å². The lowest BCUT2D eigenvalue weighted by Gasteiger charge is -2.26. The third kappa shape index (κ3) is 7.31. The van der Waals surface area contributed by atoms with Crippen LogP contribution in [0.1, 0.15) is 19.8 Å². The van der Waals surface area contributed by atoms with Crippen molar-refractivity contribution < 1.29 is 9.53 Å². The van der Waals surface area contributed by atoms with Gasteiger partial charge in [-0.05, 0) is 13.0 Å². The Balaban J connectivity index is 1.92. The maximum absolute atomic E-state index is 11.4. The molecule has 0 saturated carbocycles. The molecule has 17 heavy (non-hydrogen) atoms. The fourth-order valence-electron chi connectivity index (χ4n) is 1.74. The molecule has 1 saturated heterocycles. The Morgan fingerprint density at radius 3 is 2.76 bits per heavy atom. The number of nitrogens with one attached hydrogen (secondary N) is 2. The van der Waals surface area contributed by atoms with E-state index in [2.05, 4.69) is 22.5 Å². The second kappa shape index (κ2) is 9.39. The zero-order valence-electron chi connectivity index (χ0n) is 10.8. The van der Waals surface area contributed by atoms with Gasteiger partial charge in [0, 0.05) is 26.2 Å². The monoisotopic (exact) mass is 243 g/mol. The van der Waals surface area contributed by atoms with E-state index >= 15 is 0 Å². The molecule has 0 bridgehead atoms. The van der Waals surface area contributed by atoms with Crippen LogP contribution in [0.25, 0.3) is 0 Å². The van der Waals surface area contributed by atoms with E-state index in [0.29, 0.717) is 6.54 Å². The fourth-order valence-corrected chi connectivity index (χ4v) is 1.74. The van der Waals surface area contributed by atoms with Crippen LogP contribution in [-0.2, 0) is 9.53 Å². The Bertz CT molecular complexity index is 206. The van der Waals surface area contributed by atoms with E-state index in [-0.39, 0.29) is 5.91 Å². The third-order valence-electron chi connectivity index (χ3n) is 2.85. The minimum Gasteiger partial charge on any atom is -0.379 e. The van der Waals surface area contributed by atoms with Crippen molar-refractivity contribution in [1.82, 2.24) is 15.5 Å². The van der Waals surface area contributed by atoms with Crippen molar-refractivity contribution in [3.63, 3.8) is 0 Å². The smallest absolute Gasteiger partial charge is 0.234 e.